The zero-order valence-electron chi connectivity index (χ0n) is 15.0. The van der Waals surface area contributed by atoms with Gasteiger partial charge in [-0.3, -0.25) is 4.99 Å². The number of nitrogens with zero attached hydrogens (tertiary/aromatic N) is 1. The van der Waals surface area contributed by atoms with Crippen LogP contribution in [0.2, 0.25) is 0 Å². The molecule has 0 N–H and O–H groups in total. The van der Waals surface area contributed by atoms with Crippen LogP contribution >= 0.6 is 0 Å². The molecule has 0 atom stereocenters. The zero-order valence-corrected chi connectivity index (χ0v) is 15.0. The zero-order chi connectivity index (χ0) is 17.0. The van der Waals surface area contributed by atoms with Gasteiger partial charge in [0.05, 0.1) is 0 Å². The van der Waals surface area contributed by atoms with Crippen LogP contribution < -0.4 is 0 Å². The van der Waals surface area contributed by atoms with E-state index in [4.69, 9.17) is 0 Å². The van der Waals surface area contributed by atoms with Gasteiger partial charge in [0.1, 0.15) is 0 Å². The lowest BCUT2D eigenvalue weighted by Gasteiger charge is -2.13. The van der Waals surface area contributed by atoms with Gasteiger partial charge in [0.25, 0.3) is 0 Å². The van der Waals surface area contributed by atoms with Crippen molar-refractivity contribution in [2.45, 2.75) is 40.5 Å². The molecule has 0 amide bonds. The van der Waals surface area contributed by atoms with E-state index in [0.29, 0.717) is 0 Å². The molecule has 0 saturated carbocycles. The minimum absolute atomic E-state index is 0.953. The van der Waals surface area contributed by atoms with Crippen LogP contribution in [-0.4, -0.2) is 12.8 Å². The highest BCUT2D eigenvalue weighted by atomic mass is 14.7. The lowest BCUT2D eigenvalue weighted by atomic mass is 9.92. The fraction of sp³-hybridized carbons (Fsp3) is 0.318. The van der Waals surface area contributed by atoms with E-state index in [1.165, 1.54) is 39.0 Å². The first-order valence-electron chi connectivity index (χ1n) is 8.21. The van der Waals surface area contributed by atoms with Gasteiger partial charge in [-0.1, -0.05) is 41.5 Å². The Kier molecular flexibility index (Phi) is 5.54. The maximum atomic E-state index is 4.48. The summed E-state index contributed by atoms with van der Waals surface area (Å²) in [7, 11) is 1.88. The van der Waals surface area contributed by atoms with E-state index in [1.54, 1.807) is 0 Å². The third-order valence-electron chi connectivity index (χ3n) is 4.29. The molecule has 120 valence electrons. The molecule has 0 fully saturated rings. The van der Waals surface area contributed by atoms with E-state index in [-0.39, 0.29) is 0 Å². The van der Waals surface area contributed by atoms with Crippen molar-refractivity contribution in [3.05, 3.63) is 70.8 Å². The summed E-state index contributed by atoms with van der Waals surface area (Å²) in [5, 5.41) is 0. The molecule has 0 aliphatic heterocycles. The predicted octanol–water partition coefficient (Wildman–Crippen LogP) is 6.05. The number of benzene rings is 2. The highest BCUT2D eigenvalue weighted by molar-refractivity contribution is 6.01. The van der Waals surface area contributed by atoms with Crippen LogP contribution in [0.4, 0.5) is 0 Å². The van der Waals surface area contributed by atoms with Crippen molar-refractivity contribution in [3.63, 3.8) is 0 Å². The molecular formula is C22H27N. The molecule has 0 aliphatic rings. The SMILES string of the molecule is C=C(C)CCC(=NC)c1ccc(-c2ccc(C)cc2C)c(C)c1. The van der Waals surface area contributed by atoms with Gasteiger partial charge in [-0.15, -0.1) is 6.58 Å². The highest BCUT2D eigenvalue weighted by Gasteiger charge is 2.09. The molecule has 2 aromatic carbocycles. The Balaban J connectivity index is 2.35. The second-order valence-electron chi connectivity index (χ2n) is 6.48. The van der Waals surface area contributed by atoms with Gasteiger partial charge in [-0.25, -0.2) is 0 Å². The molecule has 0 saturated heterocycles. The maximum absolute atomic E-state index is 4.48. The van der Waals surface area contributed by atoms with E-state index in [1.807, 2.05) is 7.05 Å². The minimum Gasteiger partial charge on any atom is -0.292 e. The normalized spacial score (nSPS) is 11.6. The first-order chi connectivity index (χ1) is 10.9. The van der Waals surface area contributed by atoms with E-state index in [2.05, 4.69) is 75.7 Å². The Labute approximate surface area is 140 Å². The molecule has 23 heavy (non-hydrogen) atoms. The molecule has 0 aliphatic carbocycles. The van der Waals surface area contributed by atoms with Crippen LogP contribution in [0.3, 0.4) is 0 Å². The molecule has 2 aromatic rings. The Bertz CT molecular complexity index is 751. The summed E-state index contributed by atoms with van der Waals surface area (Å²) < 4.78 is 0. The fourth-order valence-corrected chi connectivity index (χ4v) is 2.98. The van der Waals surface area contributed by atoms with Crippen LogP contribution in [0.25, 0.3) is 11.1 Å². The number of hydrogen-bond acceptors (Lipinski definition) is 1. The summed E-state index contributed by atoms with van der Waals surface area (Å²) in [5.41, 5.74) is 10.1. The Morgan fingerprint density at radius 3 is 2.04 bits per heavy atom. The molecule has 0 unspecified atom stereocenters. The number of rotatable bonds is 5. The minimum atomic E-state index is 0.953. The van der Waals surface area contributed by atoms with E-state index in [9.17, 15) is 0 Å². The molecule has 0 spiro atoms. The van der Waals surface area contributed by atoms with Crippen LogP contribution in [0.5, 0.6) is 0 Å². The number of hydrogen-bond donors (Lipinski definition) is 0. The maximum Gasteiger partial charge on any atom is 0.0420 e. The van der Waals surface area contributed by atoms with E-state index in [0.717, 1.165) is 18.6 Å². The Morgan fingerprint density at radius 1 is 0.913 bits per heavy atom. The highest BCUT2D eigenvalue weighted by Crippen LogP contribution is 2.28. The quantitative estimate of drug-likeness (QED) is 0.470. The second-order valence-corrected chi connectivity index (χ2v) is 6.48. The first-order valence-corrected chi connectivity index (χ1v) is 8.21. The van der Waals surface area contributed by atoms with Gasteiger partial charge < -0.3 is 0 Å². The number of allylic oxidation sites excluding steroid dienone is 1. The van der Waals surface area contributed by atoms with E-state index >= 15 is 0 Å². The lowest BCUT2D eigenvalue weighted by Crippen LogP contribution is -2.02. The van der Waals surface area contributed by atoms with Crippen molar-refractivity contribution in [2.24, 2.45) is 4.99 Å². The topological polar surface area (TPSA) is 12.4 Å². The second kappa shape index (κ2) is 7.41. The molecule has 1 nitrogen and oxygen atoms in total. The van der Waals surface area contributed by atoms with Crippen molar-refractivity contribution < 1.29 is 0 Å². The standard InChI is InChI=1S/C22H27N/c1-15(2)7-12-22(23-6)19-9-11-21(18(5)14-19)20-10-8-16(3)13-17(20)4/h8-11,13-14H,1,7,12H2,2-6H3. The van der Waals surface area contributed by atoms with Gasteiger partial charge in [-0.2, -0.15) is 0 Å². The molecule has 0 radical (unpaired) electrons. The molecule has 1 heteroatoms. The fourth-order valence-electron chi connectivity index (χ4n) is 2.98. The summed E-state index contributed by atoms with van der Waals surface area (Å²) in [5.74, 6) is 0. The molecule has 0 heterocycles. The van der Waals surface area contributed by atoms with Crippen LogP contribution in [0.15, 0.2) is 53.5 Å². The van der Waals surface area contributed by atoms with Gasteiger partial charge in [0.2, 0.25) is 0 Å². The molecule has 0 aromatic heterocycles. The van der Waals surface area contributed by atoms with Crippen LogP contribution in [0.1, 0.15) is 42.0 Å². The van der Waals surface area contributed by atoms with Crippen molar-refractivity contribution in [2.75, 3.05) is 7.05 Å². The van der Waals surface area contributed by atoms with Crippen LogP contribution in [-0.2, 0) is 0 Å². The number of aliphatic imine (C=N–C) groups is 1. The third-order valence-corrected chi connectivity index (χ3v) is 4.29. The monoisotopic (exact) mass is 305 g/mol. The average Bonchev–Trinajstić information content (AvgIpc) is 2.48. The van der Waals surface area contributed by atoms with Gasteiger partial charge in [0.15, 0.2) is 0 Å². The largest absolute Gasteiger partial charge is 0.292 e. The van der Waals surface area contributed by atoms with Crippen molar-refractivity contribution in [1.29, 1.82) is 0 Å². The van der Waals surface area contributed by atoms with Gasteiger partial charge >= 0.3 is 0 Å². The van der Waals surface area contributed by atoms with Gasteiger partial charge in [0, 0.05) is 12.8 Å². The Morgan fingerprint density at radius 2 is 1.52 bits per heavy atom. The predicted molar refractivity (Wildman–Crippen MR) is 103 cm³/mol. The molecule has 0 bridgehead atoms. The smallest absolute Gasteiger partial charge is 0.0420 e. The molecular weight excluding hydrogens is 278 g/mol. The van der Waals surface area contributed by atoms with E-state index < -0.39 is 0 Å². The average molecular weight is 305 g/mol. The summed E-state index contributed by atoms with van der Waals surface area (Å²) in [6, 6.07) is 13.3. The summed E-state index contributed by atoms with van der Waals surface area (Å²) in [4.78, 5) is 4.48. The first kappa shape index (κ1) is 17.2. The third kappa shape index (κ3) is 4.19. The number of aryl methyl sites for hydroxylation is 3. The summed E-state index contributed by atoms with van der Waals surface area (Å²) in [6.07, 6.45) is 1.94. The van der Waals surface area contributed by atoms with Gasteiger partial charge in [-0.05, 0) is 74.4 Å². The van der Waals surface area contributed by atoms with Crippen molar-refractivity contribution >= 4 is 5.71 Å². The lowest BCUT2D eigenvalue weighted by molar-refractivity contribution is 1.01. The van der Waals surface area contributed by atoms with Crippen LogP contribution in [0, 0.1) is 20.8 Å². The van der Waals surface area contributed by atoms with Crippen molar-refractivity contribution in [1.82, 2.24) is 0 Å². The Hall–Kier alpha value is -2.15. The van der Waals surface area contributed by atoms with Crippen molar-refractivity contribution in [3.8, 4) is 11.1 Å². The molecule has 2 rings (SSSR count). The summed E-state index contributed by atoms with van der Waals surface area (Å²) in [6.45, 7) is 12.6. The summed E-state index contributed by atoms with van der Waals surface area (Å²) >= 11 is 0.